The van der Waals surface area contributed by atoms with Crippen LogP contribution in [0, 0.1) is 6.92 Å². The first-order valence-electron chi connectivity index (χ1n) is 4.59. The zero-order valence-electron chi connectivity index (χ0n) is 8.19. The molecule has 1 aromatic rings. The van der Waals surface area contributed by atoms with Gasteiger partial charge in [0.15, 0.2) is 0 Å². The van der Waals surface area contributed by atoms with Crippen molar-refractivity contribution in [2.45, 2.75) is 32.2 Å². The molecule has 2 rings (SSSR count). The van der Waals surface area contributed by atoms with E-state index in [1.807, 2.05) is 13.0 Å². The van der Waals surface area contributed by atoms with E-state index in [4.69, 9.17) is 0 Å². The van der Waals surface area contributed by atoms with Crippen LogP contribution in [-0.2, 0) is 0 Å². The molecule has 1 amide bonds. The second kappa shape index (κ2) is 3.35. The van der Waals surface area contributed by atoms with Gasteiger partial charge in [0.05, 0.1) is 8.66 Å². The lowest BCUT2D eigenvalue weighted by atomic mass is 10.3. The van der Waals surface area contributed by atoms with Crippen molar-refractivity contribution in [2.75, 3.05) is 0 Å². The zero-order valence-corrected chi connectivity index (χ0v) is 10.6. The number of hydrogen-bond acceptors (Lipinski definition) is 2. The summed E-state index contributed by atoms with van der Waals surface area (Å²) in [6, 6.07) is 1.93. The monoisotopic (exact) mass is 273 g/mol. The Morgan fingerprint density at radius 2 is 2.29 bits per heavy atom. The van der Waals surface area contributed by atoms with Crippen molar-refractivity contribution >= 4 is 33.2 Å². The van der Waals surface area contributed by atoms with Crippen LogP contribution >= 0.6 is 27.3 Å². The van der Waals surface area contributed by atoms with Gasteiger partial charge in [-0.3, -0.25) is 4.79 Å². The Morgan fingerprint density at radius 3 is 2.71 bits per heavy atom. The van der Waals surface area contributed by atoms with Crippen molar-refractivity contribution < 1.29 is 4.79 Å². The molecule has 2 nitrogen and oxygen atoms in total. The minimum atomic E-state index is 0.0591. The van der Waals surface area contributed by atoms with Gasteiger partial charge in [-0.15, -0.1) is 11.3 Å². The van der Waals surface area contributed by atoms with E-state index in [9.17, 15) is 4.79 Å². The predicted octanol–water partition coefficient (Wildman–Crippen LogP) is 3.10. The number of hydrogen-bond donors (Lipinski definition) is 1. The Hall–Kier alpha value is -0.350. The lowest BCUT2D eigenvalue weighted by Crippen LogP contribution is -2.33. The Balaban J connectivity index is 2.11. The van der Waals surface area contributed by atoms with Gasteiger partial charge in [-0.1, -0.05) is 0 Å². The molecule has 0 atom stereocenters. The Kier molecular flexibility index (Phi) is 2.43. The molecule has 0 radical (unpaired) electrons. The summed E-state index contributed by atoms with van der Waals surface area (Å²) >= 11 is 4.91. The Bertz CT molecular complexity index is 362. The van der Waals surface area contributed by atoms with Crippen LogP contribution in [-0.4, -0.2) is 11.4 Å². The van der Waals surface area contributed by atoms with Gasteiger partial charge in [-0.25, -0.2) is 0 Å². The highest BCUT2D eigenvalue weighted by atomic mass is 79.9. The minimum absolute atomic E-state index is 0.0591. The molecule has 1 N–H and O–H groups in total. The molecule has 1 fully saturated rings. The molecule has 0 bridgehead atoms. The summed E-state index contributed by atoms with van der Waals surface area (Å²) in [4.78, 5) is 12.5. The van der Waals surface area contributed by atoms with Crippen LogP contribution in [0.4, 0.5) is 0 Å². The van der Waals surface area contributed by atoms with Gasteiger partial charge in [0.1, 0.15) is 0 Å². The smallest absolute Gasteiger partial charge is 0.261 e. The fraction of sp³-hybridized carbons (Fsp3) is 0.500. The van der Waals surface area contributed by atoms with Crippen LogP contribution in [0.15, 0.2) is 9.85 Å². The van der Waals surface area contributed by atoms with Crippen LogP contribution in [0.3, 0.4) is 0 Å². The fourth-order valence-corrected chi connectivity index (χ4v) is 2.65. The van der Waals surface area contributed by atoms with Gasteiger partial charge in [-0.2, -0.15) is 0 Å². The van der Waals surface area contributed by atoms with Crippen molar-refractivity contribution in [1.82, 2.24) is 5.32 Å². The fourth-order valence-electron chi connectivity index (χ4n) is 1.22. The summed E-state index contributed by atoms with van der Waals surface area (Å²) in [7, 11) is 0. The predicted molar refractivity (Wildman–Crippen MR) is 61.9 cm³/mol. The van der Waals surface area contributed by atoms with E-state index in [0.29, 0.717) is 0 Å². The summed E-state index contributed by atoms with van der Waals surface area (Å²) in [5, 5.41) is 3.04. The first-order valence-corrected chi connectivity index (χ1v) is 6.20. The van der Waals surface area contributed by atoms with Gasteiger partial charge >= 0.3 is 0 Å². The molecule has 0 aliphatic heterocycles. The topological polar surface area (TPSA) is 29.1 Å². The first-order chi connectivity index (χ1) is 6.50. The van der Waals surface area contributed by atoms with Gasteiger partial charge in [0.2, 0.25) is 0 Å². The number of carbonyl (C=O) groups excluding carboxylic acids is 1. The van der Waals surface area contributed by atoms with Crippen molar-refractivity contribution in [3.8, 4) is 0 Å². The van der Waals surface area contributed by atoms with E-state index in [1.54, 1.807) is 0 Å². The highest BCUT2D eigenvalue weighted by Gasteiger charge is 2.39. The summed E-state index contributed by atoms with van der Waals surface area (Å²) in [6.45, 7) is 4.08. The molecule has 1 saturated carbocycles. The third-order valence-corrected chi connectivity index (χ3v) is 4.63. The zero-order chi connectivity index (χ0) is 10.3. The molecule has 76 valence electrons. The van der Waals surface area contributed by atoms with E-state index in [1.165, 1.54) is 11.3 Å². The number of aryl methyl sites for hydroxylation is 1. The molecule has 0 spiro atoms. The normalized spacial score (nSPS) is 17.9. The SMILES string of the molecule is Cc1cc(C(=O)NC2(C)CC2)sc1Br. The van der Waals surface area contributed by atoms with E-state index in [0.717, 1.165) is 27.1 Å². The number of halogens is 1. The van der Waals surface area contributed by atoms with Crippen molar-refractivity contribution in [2.24, 2.45) is 0 Å². The number of amides is 1. The number of carbonyl (C=O) groups is 1. The van der Waals surface area contributed by atoms with Gasteiger partial charge in [0, 0.05) is 5.54 Å². The highest BCUT2D eigenvalue weighted by Crippen LogP contribution is 2.35. The van der Waals surface area contributed by atoms with E-state index < -0.39 is 0 Å². The first kappa shape index (κ1) is 10.2. The quantitative estimate of drug-likeness (QED) is 0.882. The minimum Gasteiger partial charge on any atom is -0.346 e. The molecule has 1 aliphatic carbocycles. The lowest BCUT2D eigenvalue weighted by molar-refractivity contribution is 0.0939. The molecular weight excluding hydrogens is 262 g/mol. The average molecular weight is 274 g/mol. The van der Waals surface area contributed by atoms with Crippen LogP contribution in [0.25, 0.3) is 0 Å². The molecule has 1 aromatic heterocycles. The van der Waals surface area contributed by atoms with E-state index >= 15 is 0 Å². The molecule has 14 heavy (non-hydrogen) atoms. The average Bonchev–Trinajstić information content (AvgIpc) is 2.71. The van der Waals surface area contributed by atoms with Crippen LogP contribution < -0.4 is 5.32 Å². The van der Waals surface area contributed by atoms with Crippen molar-refractivity contribution in [3.05, 3.63) is 20.3 Å². The maximum Gasteiger partial charge on any atom is 0.261 e. The molecule has 4 heteroatoms. The van der Waals surface area contributed by atoms with E-state index in [2.05, 4.69) is 28.2 Å². The molecule has 0 aromatic carbocycles. The van der Waals surface area contributed by atoms with Crippen molar-refractivity contribution in [1.29, 1.82) is 0 Å². The largest absolute Gasteiger partial charge is 0.346 e. The summed E-state index contributed by atoms with van der Waals surface area (Å²) in [5.41, 5.74) is 1.20. The van der Waals surface area contributed by atoms with Crippen molar-refractivity contribution in [3.63, 3.8) is 0 Å². The summed E-state index contributed by atoms with van der Waals surface area (Å²) in [5.74, 6) is 0.0591. The number of nitrogens with one attached hydrogen (secondary N) is 1. The Morgan fingerprint density at radius 1 is 1.64 bits per heavy atom. The second-order valence-corrected chi connectivity index (χ2v) is 6.45. The third-order valence-electron chi connectivity index (χ3n) is 2.50. The number of rotatable bonds is 2. The summed E-state index contributed by atoms with van der Waals surface area (Å²) in [6.07, 6.45) is 2.20. The van der Waals surface area contributed by atoms with Crippen LogP contribution in [0.2, 0.25) is 0 Å². The molecule has 1 aliphatic rings. The van der Waals surface area contributed by atoms with Crippen LogP contribution in [0.1, 0.15) is 35.0 Å². The summed E-state index contributed by atoms with van der Waals surface area (Å²) < 4.78 is 1.05. The standard InChI is InChI=1S/C10H12BrNOS/c1-6-5-7(14-8(6)11)9(13)12-10(2)3-4-10/h5H,3-4H2,1-2H3,(H,12,13). The van der Waals surface area contributed by atoms with E-state index in [-0.39, 0.29) is 11.4 Å². The highest BCUT2D eigenvalue weighted by molar-refractivity contribution is 9.11. The van der Waals surface area contributed by atoms with Gasteiger partial charge in [0.25, 0.3) is 5.91 Å². The lowest BCUT2D eigenvalue weighted by Gasteiger charge is -2.09. The molecule has 1 heterocycles. The number of thiophene rings is 1. The van der Waals surface area contributed by atoms with Crippen LogP contribution in [0.5, 0.6) is 0 Å². The maximum absolute atomic E-state index is 11.7. The Labute approximate surface area is 95.8 Å². The van der Waals surface area contributed by atoms with Gasteiger partial charge in [-0.05, 0) is 54.2 Å². The maximum atomic E-state index is 11.7. The second-order valence-electron chi connectivity index (χ2n) is 4.08. The third kappa shape index (κ3) is 2.01. The molecule has 0 saturated heterocycles. The molecule has 0 unspecified atom stereocenters. The molecular formula is C10H12BrNOS. The van der Waals surface area contributed by atoms with Gasteiger partial charge < -0.3 is 5.32 Å².